The number of anilines is 1. The van der Waals surface area contributed by atoms with Gasteiger partial charge in [0.1, 0.15) is 5.78 Å². The average molecular weight is 818 g/mol. The molecule has 0 bridgehead atoms. The predicted octanol–water partition coefficient (Wildman–Crippen LogP) is 8.20. The van der Waals surface area contributed by atoms with Gasteiger partial charge in [-0.05, 0) is 114 Å². The van der Waals surface area contributed by atoms with Crippen molar-refractivity contribution < 1.29 is 43.9 Å². The summed E-state index contributed by atoms with van der Waals surface area (Å²) in [5, 5.41) is 30.2. The third-order valence-corrected chi connectivity index (χ3v) is 12.2. The lowest BCUT2D eigenvalue weighted by Crippen LogP contribution is -2.22. The first-order chi connectivity index (χ1) is 28.2. The van der Waals surface area contributed by atoms with Gasteiger partial charge in [0.15, 0.2) is 23.0 Å². The predicted molar refractivity (Wildman–Crippen MR) is 231 cm³/mol. The number of rotatable bonds is 10. The Labute approximate surface area is 349 Å². The molecule has 7 N–H and O–H groups in total. The standard InChI is InChI=1S/C24H25NO4.C12H16N2O.C11H10O4.CH4/c1-23(2,13-26)21-11-16-9-15(3-5-18(16)25-21)10-22(27)24(7-8-24)17-4-6-19-20(12-17)29-14-28-19;1-12(2,7-15)11-6-8-5-9(13)3-4-10(8)14-11;12-10(13)11(3-4-11)7-1-2-8-9(5-7)15-6-14-8;/h3-6,9,11-12,25-26H,7-8,10,13-14H2,1-2H3;3-6,14-15H,7,13H2,1-2H3;1-2,5H,3-4,6H2,(H,12,13);1H4. The number of aromatic nitrogens is 2. The molecule has 10 rings (SSSR count). The Morgan fingerprint density at radius 3 is 1.58 bits per heavy atom. The van der Waals surface area contributed by atoms with E-state index in [0.717, 1.165) is 79.9 Å². The smallest absolute Gasteiger partial charge is 0.314 e. The van der Waals surface area contributed by atoms with E-state index >= 15 is 0 Å². The van der Waals surface area contributed by atoms with Gasteiger partial charge in [-0.25, -0.2) is 0 Å². The summed E-state index contributed by atoms with van der Waals surface area (Å²) in [6, 6.07) is 27.2. The van der Waals surface area contributed by atoms with Crippen LogP contribution < -0.4 is 24.7 Å². The number of ketones is 1. The molecule has 0 saturated heterocycles. The van der Waals surface area contributed by atoms with Crippen LogP contribution in [0.1, 0.15) is 88.9 Å². The molecule has 4 aliphatic rings. The lowest BCUT2D eigenvalue weighted by atomic mass is 9.87. The lowest BCUT2D eigenvalue weighted by molar-refractivity contribution is -0.140. The number of benzene rings is 4. The molecule has 4 aromatic carbocycles. The Kier molecular flexibility index (Phi) is 11.2. The molecule has 2 fully saturated rings. The van der Waals surface area contributed by atoms with Gasteiger partial charge in [0, 0.05) is 50.7 Å². The van der Waals surface area contributed by atoms with Crippen molar-refractivity contribution in [1.82, 2.24) is 9.97 Å². The monoisotopic (exact) mass is 817 g/mol. The molecule has 2 saturated carbocycles. The minimum atomic E-state index is -0.749. The van der Waals surface area contributed by atoms with E-state index in [2.05, 4.69) is 22.1 Å². The lowest BCUT2D eigenvalue weighted by Gasteiger charge is -2.19. The molecular weight excluding hydrogens is 763 g/mol. The van der Waals surface area contributed by atoms with Crippen LogP contribution in [0, 0.1) is 0 Å². The number of hydrogen-bond donors (Lipinski definition) is 6. The summed E-state index contributed by atoms with van der Waals surface area (Å²) >= 11 is 0. The molecule has 0 radical (unpaired) electrons. The number of nitrogens with two attached hydrogens (primary N) is 1. The Hall–Kier alpha value is -5.98. The second-order valence-corrected chi connectivity index (χ2v) is 17.4. The number of nitrogen functional groups attached to an aromatic ring is 1. The largest absolute Gasteiger partial charge is 0.481 e. The van der Waals surface area contributed by atoms with Gasteiger partial charge >= 0.3 is 5.97 Å². The van der Waals surface area contributed by atoms with E-state index in [1.807, 2.05) is 88.4 Å². The van der Waals surface area contributed by atoms with Gasteiger partial charge < -0.3 is 50.0 Å². The first-order valence-corrected chi connectivity index (χ1v) is 20.0. The molecule has 4 heterocycles. The van der Waals surface area contributed by atoms with Crippen LogP contribution in [-0.2, 0) is 37.7 Å². The quantitative estimate of drug-likeness (QED) is 0.0736. The Balaban J connectivity index is 0.000000148. The molecular formula is C48H55N3O9. The average Bonchev–Trinajstić information content (AvgIpc) is 3.93. The fourth-order valence-corrected chi connectivity index (χ4v) is 7.69. The van der Waals surface area contributed by atoms with Crippen molar-refractivity contribution in [2.75, 3.05) is 32.5 Å². The third kappa shape index (κ3) is 8.01. The number of H-pyrrole nitrogens is 2. The van der Waals surface area contributed by atoms with Gasteiger partial charge in [-0.2, -0.15) is 0 Å². The maximum atomic E-state index is 13.2. The number of hydrogen-bond acceptors (Lipinski definition) is 9. The molecule has 12 heteroatoms. The number of fused-ring (bicyclic) bond motifs is 4. The van der Waals surface area contributed by atoms with Crippen LogP contribution in [0.4, 0.5) is 5.69 Å². The first kappa shape index (κ1) is 42.2. The van der Waals surface area contributed by atoms with Crippen molar-refractivity contribution in [1.29, 1.82) is 0 Å². The Morgan fingerprint density at radius 2 is 1.10 bits per heavy atom. The van der Waals surface area contributed by atoms with Crippen molar-refractivity contribution in [2.24, 2.45) is 0 Å². The number of ether oxygens (including phenoxy) is 4. The molecule has 12 nitrogen and oxygen atoms in total. The molecule has 0 unspecified atom stereocenters. The third-order valence-electron chi connectivity index (χ3n) is 12.2. The summed E-state index contributed by atoms with van der Waals surface area (Å²) < 4.78 is 21.3. The van der Waals surface area contributed by atoms with Crippen LogP contribution >= 0.6 is 0 Å². The molecule has 2 aromatic heterocycles. The number of aliphatic hydroxyl groups is 2. The zero-order valence-electron chi connectivity index (χ0n) is 33.8. The van der Waals surface area contributed by atoms with Crippen molar-refractivity contribution >= 4 is 39.2 Å². The number of aliphatic hydroxyl groups excluding tert-OH is 2. The highest BCUT2D eigenvalue weighted by molar-refractivity contribution is 5.95. The number of aromatic amines is 2. The summed E-state index contributed by atoms with van der Waals surface area (Å²) in [6.07, 6.45) is 3.59. The van der Waals surface area contributed by atoms with Crippen molar-refractivity contribution in [3.63, 3.8) is 0 Å². The van der Waals surface area contributed by atoms with Gasteiger partial charge in [-0.15, -0.1) is 0 Å². The topological polar surface area (TPSA) is 189 Å². The molecule has 2 aliphatic heterocycles. The molecule has 60 heavy (non-hydrogen) atoms. The van der Waals surface area contributed by atoms with E-state index < -0.39 is 16.8 Å². The van der Waals surface area contributed by atoms with Gasteiger partial charge in [-0.1, -0.05) is 53.3 Å². The highest BCUT2D eigenvalue weighted by atomic mass is 16.7. The normalized spacial score (nSPS) is 16.2. The summed E-state index contributed by atoms with van der Waals surface area (Å²) in [5.74, 6) is 2.33. The molecule has 6 aromatic rings. The number of carboxylic acid groups (broad SMARTS) is 1. The second kappa shape index (κ2) is 15.9. The van der Waals surface area contributed by atoms with E-state index in [1.165, 1.54) is 0 Å². The zero-order chi connectivity index (χ0) is 41.7. The summed E-state index contributed by atoms with van der Waals surface area (Å²) in [7, 11) is 0. The number of carbonyl (C=O) groups is 2. The molecule has 316 valence electrons. The number of carbonyl (C=O) groups excluding carboxylic acids is 1. The van der Waals surface area contributed by atoms with Crippen LogP contribution in [0.3, 0.4) is 0 Å². The first-order valence-electron chi connectivity index (χ1n) is 20.0. The van der Waals surface area contributed by atoms with Crippen LogP contribution in [0.25, 0.3) is 21.8 Å². The highest BCUT2D eigenvalue weighted by Gasteiger charge is 2.52. The minimum Gasteiger partial charge on any atom is -0.481 e. The van der Waals surface area contributed by atoms with Crippen molar-refractivity contribution in [3.05, 3.63) is 113 Å². The van der Waals surface area contributed by atoms with E-state index in [1.54, 1.807) is 12.1 Å². The zero-order valence-corrected chi connectivity index (χ0v) is 33.8. The van der Waals surface area contributed by atoms with Crippen LogP contribution in [0.2, 0.25) is 0 Å². The van der Waals surface area contributed by atoms with Crippen molar-refractivity contribution in [2.45, 2.75) is 88.9 Å². The van der Waals surface area contributed by atoms with Crippen molar-refractivity contribution in [3.8, 4) is 23.0 Å². The van der Waals surface area contributed by atoms with E-state index in [-0.39, 0.29) is 50.8 Å². The summed E-state index contributed by atoms with van der Waals surface area (Å²) in [6.45, 7) is 8.67. The summed E-state index contributed by atoms with van der Waals surface area (Å²) in [4.78, 5) is 31.0. The fourth-order valence-electron chi connectivity index (χ4n) is 7.69. The van der Waals surface area contributed by atoms with Crippen LogP contribution in [0.5, 0.6) is 23.0 Å². The Morgan fingerprint density at radius 1 is 0.633 bits per heavy atom. The fraction of sp³-hybridized carbons (Fsp3) is 0.375. The van der Waals surface area contributed by atoms with Gasteiger partial charge in [0.25, 0.3) is 0 Å². The second-order valence-electron chi connectivity index (χ2n) is 17.4. The minimum absolute atomic E-state index is 0. The molecule has 2 aliphatic carbocycles. The number of carboxylic acids is 1. The number of aliphatic carboxylic acids is 1. The molecule has 0 atom stereocenters. The van der Waals surface area contributed by atoms with Crippen LogP contribution in [-0.4, -0.2) is 63.8 Å². The van der Waals surface area contributed by atoms with E-state index in [4.69, 9.17) is 29.8 Å². The SMILES string of the molecule is C.CC(C)(CO)c1cc2cc(CC(=O)C3(c4ccc5c(c4)OCO5)CC3)ccc2[nH]1.CC(C)(CO)c1cc2cc(N)ccc2[nH]1.O=C(O)C1(c2ccc3c(c2)OCO3)CC1. The number of Topliss-reactive ketones (excluding diaryl/α,β-unsaturated/α-hetero) is 1. The molecule has 0 spiro atoms. The Bertz CT molecular complexity index is 2560. The maximum Gasteiger partial charge on any atom is 0.314 e. The highest BCUT2D eigenvalue weighted by Crippen LogP contribution is 2.52. The van der Waals surface area contributed by atoms with Gasteiger partial charge in [0.05, 0.1) is 24.0 Å². The van der Waals surface area contributed by atoms with Gasteiger partial charge in [-0.3, -0.25) is 9.59 Å². The van der Waals surface area contributed by atoms with E-state index in [0.29, 0.717) is 30.8 Å². The van der Waals surface area contributed by atoms with Crippen LogP contribution in [0.15, 0.2) is 84.9 Å². The number of nitrogens with one attached hydrogen (secondary N) is 2. The van der Waals surface area contributed by atoms with E-state index in [9.17, 15) is 19.8 Å². The molecule has 0 amide bonds. The summed E-state index contributed by atoms with van der Waals surface area (Å²) in [5.41, 5.74) is 11.8. The maximum absolute atomic E-state index is 13.2. The van der Waals surface area contributed by atoms with Gasteiger partial charge in [0.2, 0.25) is 13.6 Å².